The summed E-state index contributed by atoms with van der Waals surface area (Å²) < 4.78 is 14.9. The number of thioether (sulfide) groups is 1. The molecule has 0 saturated heterocycles. The molecule has 1 aromatic carbocycles. The Hall–Kier alpha value is -1.37. The molecular weight excluding hydrogens is 307 g/mol. The van der Waals surface area contributed by atoms with Crippen LogP contribution >= 0.6 is 23.1 Å². The van der Waals surface area contributed by atoms with Crippen LogP contribution in [0.15, 0.2) is 34.2 Å². The molecule has 0 radical (unpaired) electrons. The average molecular weight is 320 g/mol. The highest BCUT2D eigenvalue weighted by atomic mass is 32.2. The van der Waals surface area contributed by atoms with Crippen LogP contribution < -0.4 is 0 Å². The molecule has 1 aromatic heterocycles. The predicted octanol–water partition coefficient (Wildman–Crippen LogP) is 3.51. The first kappa shape index (κ1) is 13.3. The molecule has 2 aliphatic heterocycles. The number of aliphatic imine (C=N–C) groups is 1. The van der Waals surface area contributed by atoms with Crippen molar-refractivity contribution < 1.29 is 9.50 Å². The summed E-state index contributed by atoms with van der Waals surface area (Å²) in [5, 5.41) is 11.0. The van der Waals surface area contributed by atoms with Crippen molar-refractivity contribution in [3.05, 3.63) is 39.9 Å². The van der Waals surface area contributed by atoms with Gasteiger partial charge in [0, 0.05) is 34.6 Å². The smallest absolute Gasteiger partial charge is 0.168 e. The summed E-state index contributed by atoms with van der Waals surface area (Å²) in [5.74, 6) is -0.180. The van der Waals surface area contributed by atoms with Crippen molar-refractivity contribution in [2.75, 3.05) is 19.7 Å². The molecule has 0 saturated carbocycles. The quantitative estimate of drug-likeness (QED) is 0.940. The Kier molecular flexibility index (Phi) is 3.24. The molecule has 0 spiro atoms. The number of thiophene rings is 1. The Labute approximate surface area is 129 Å². The second kappa shape index (κ2) is 5.12. The third kappa shape index (κ3) is 2.09. The van der Waals surface area contributed by atoms with Crippen LogP contribution in [-0.2, 0) is 0 Å². The topological polar surface area (TPSA) is 35.8 Å². The number of rotatable bonds is 3. The lowest BCUT2D eigenvalue weighted by molar-refractivity contribution is 0.301. The van der Waals surface area contributed by atoms with Gasteiger partial charge >= 0.3 is 0 Å². The molecule has 0 atom stereocenters. The van der Waals surface area contributed by atoms with Gasteiger partial charge in [0.25, 0.3) is 0 Å². The van der Waals surface area contributed by atoms with Crippen LogP contribution in [0.3, 0.4) is 0 Å². The lowest BCUT2D eigenvalue weighted by Gasteiger charge is -2.15. The number of aliphatic hydroxyl groups excluding tert-OH is 1. The molecule has 108 valence electrons. The minimum atomic E-state index is -0.180. The van der Waals surface area contributed by atoms with Crippen molar-refractivity contribution in [1.82, 2.24) is 4.90 Å². The summed E-state index contributed by atoms with van der Waals surface area (Å²) in [6, 6.07) is 7.10. The van der Waals surface area contributed by atoms with E-state index < -0.39 is 0 Å². The highest BCUT2D eigenvalue weighted by molar-refractivity contribution is 8.17. The van der Waals surface area contributed by atoms with Gasteiger partial charge in [0.15, 0.2) is 5.17 Å². The standard InChI is InChI=1S/C15H13FN2OS2/c16-10-2-1-3-11-9(10)8-13(20-11)14-12(4-7-19)21-15-17-5-6-18(14)15/h1-3,8,19H,4-7H2. The highest BCUT2D eigenvalue weighted by Crippen LogP contribution is 2.46. The van der Waals surface area contributed by atoms with E-state index in [1.165, 1.54) is 6.07 Å². The van der Waals surface area contributed by atoms with Crippen LogP contribution in [0.1, 0.15) is 11.3 Å². The van der Waals surface area contributed by atoms with Crippen molar-refractivity contribution in [3.8, 4) is 0 Å². The van der Waals surface area contributed by atoms with Crippen LogP contribution in [0.5, 0.6) is 0 Å². The zero-order valence-electron chi connectivity index (χ0n) is 11.2. The average Bonchev–Trinajstić information content (AvgIpc) is 3.12. The maximum atomic E-state index is 13.9. The monoisotopic (exact) mass is 320 g/mol. The molecule has 0 fully saturated rings. The molecule has 2 aliphatic rings. The largest absolute Gasteiger partial charge is 0.396 e. The van der Waals surface area contributed by atoms with E-state index in [0.717, 1.165) is 38.4 Å². The summed E-state index contributed by atoms with van der Waals surface area (Å²) >= 11 is 3.23. The van der Waals surface area contributed by atoms with Gasteiger partial charge in [-0.2, -0.15) is 0 Å². The lowest BCUT2D eigenvalue weighted by atomic mass is 10.2. The molecule has 0 amide bonds. The van der Waals surface area contributed by atoms with E-state index in [9.17, 15) is 9.50 Å². The van der Waals surface area contributed by atoms with Crippen molar-refractivity contribution in [2.45, 2.75) is 6.42 Å². The molecule has 0 bridgehead atoms. The molecule has 3 nitrogen and oxygen atoms in total. The molecule has 2 aromatic rings. The maximum absolute atomic E-state index is 13.9. The Balaban J connectivity index is 1.86. The predicted molar refractivity (Wildman–Crippen MR) is 87.0 cm³/mol. The zero-order valence-corrected chi connectivity index (χ0v) is 12.8. The number of benzene rings is 1. The number of hydrogen-bond acceptors (Lipinski definition) is 5. The summed E-state index contributed by atoms with van der Waals surface area (Å²) in [6.45, 7) is 1.78. The van der Waals surface area contributed by atoms with Gasteiger partial charge in [-0.25, -0.2) is 4.39 Å². The van der Waals surface area contributed by atoms with Crippen molar-refractivity contribution in [1.29, 1.82) is 0 Å². The second-order valence-electron chi connectivity index (χ2n) is 4.93. The first-order chi connectivity index (χ1) is 10.3. The first-order valence-electron chi connectivity index (χ1n) is 6.80. The van der Waals surface area contributed by atoms with Crippen LogP contribution in [0, 0.1) is 5.82 Å². The van der Waals surface area contributed by atoms with Gasteiger partial charge in [0.05, 0.1) is 17.1 Å². The van der Waals surface area contributed by atoms with E-state index in [4.69, 9.17) is 0 Å². The normalized spacial score (nSPS) is 17.8. The van der Waals surface area contributed by atoms with Crippen molar-refractivity contribution in [3.63, 3.8) is 0 Å². The SMILES string of the molecule is OCCC1=C(c2cc3c(F)cccc3s2)N2CCN=C2S1. The molecule has 0 aliphatic carbocycles. The fourth-order valence-corrected chi connectivity index (χ4v) is 5.11. The zero-order chi connectivity index (χ0) is 14.4. The third-order valence-corrected chi connectivity index (χ3v) is 5.91. The van der Waals surface area contributed by atoms with E-state index in [0.29, 0.717) is 11.8 Å². The number of aliphatic hydroxyl groups is 1. The lowest BCUT2D eigenvalue weighted by Crippen LogP contribution is -2.19. The van der Waals surface area contributed by atoms with Gasteiger partial charge in [-0.05, 0) is 18.2 Å². The van der Waals surface area contributed by atoms with Gasteiger partial charge < -0.3 is 10.0 Å². The summed E-state index contributed by atoms with van der Waals surface area (Å²) in [5.41, 5.74) is 1.10. The molecule has 1 N–H and O–H groups in total. The molecule has 4 rings (SSSR count). The molecular formula is C15H13FN2OS2. The van der Waals surface area contributed by atoms with E-state index in [-0.39, 0.29) is 12.4 Å². The van der Waals surface area contributed by atoms with Gasteiger partial charge in [-0.1, -0.05) is 17.8 Å². The van der Waals surface area contributed by atoms with Gasteiger partial charge in [0.1, 0.15) is 5.82 Å². The van der Waals surface area contributed by atoms with Crippen LogP contribution in [0.4, 0.5) is 4.39 Å². The number of nitrogens with zero attached hydrogens (tertiary/aromatic N) is 2. The molecule has 3 heterocycles. The fourth-order valence-electron chi connectivity index (χ4n) is 2.71. The van der Waals surface area contributed by atoms with Gasteiger partial charge in [-0.15, -0.1) is 11.3 Å². The van der Waals surface area contributed by atoms with Crippen LogP contribution in [0.25, 0.3) is 15.8 Å². The van der Waals surface area contributed by atoms with Crippen molar-refractivity contribution >= 4 is 44.0 Å². The van der Waals surface area contributed by atoms with Gasteiger partial charge in [-0.3, -0.25) is 4.99 Å². The minimum absolute atomic E-state index is 0.117. The Morgan fingerprint density at radius 1 is 1.38 bits per heavy atom. The minimum Gasteiger partial charge on any atom is -0.396 e. The van der Waals surface area contributed by atoms with E-state index in [2.05, 4.69) is 9.89 Å². The number of halogens is 1. The highest BCUT2D eigenvalue weighted by Gasteiger charge is 2.33. The van der Waals surface area contributed by atoms with Crippen LogP contribution in [0.2, 0.25) is 0 Å². The van der Waals surface area contributed by atoms with E-state index in [1.54, 1.807) is 29.2 Å². The van der Waals surface area contributed by atoms with E-state index in [1.807, 2.05) is 12.1 Å². The number of hydrogen-bond donors (Lipinski definition) is 1. The summed E-state index contributed by atoms with van der Waals surface area (Å²) in [7, 11) is 0. The maximum Gasteiger partial charge on any atom is 0.168 e. The summed E-state index contributed by atoms with van der Waals surface area (Å²) in [6.07, 6.45) is 0.617. The molecule has 21 heavy (non-hydrogen) atoms. The Morgan fingerprint density at radius 2 is 2.29 bits per heavy atom. The first-order valence-corrected chi connectivity index (χ1v) is 8.43. The molecule has 0 unspecified atom stereocenters. The molecule has 6 heteroatoms. The van der Waals surface area contributed by atoms with Gasteiger partial charge in [0.2, 0.25) is 0 Å². The number of amidine groups is 1. The number of fused-ring (bicyclic) bond motifs is 2. The third-order valence-electron chi connectivity index (χ3n) is 3.63. The van der Waals surface area contributed by atoms with E-state index >= 15 is 0 Å². The Bertz CT molecular complexity index is 781. The second-order valence-corrected chi connectivity index (χ2v) is 7.07. The fraction of sp³-hybridized carbons (Fsp3) is 0.267. The Morgan fingerprint density at radius 3 is 3.10 bits per heavy atom. The summed E-state index contributed by atoms with van der Waals surface area (Å²) in [4.78, 5) is 8.86. The van der Waals surface area contributed by atoms with Crippen molar-refractivity contribution in [2.24, 2.45) is 4.99 Å². The van der Waals surface area contributed by atoms with Crippen LogP contribution in [-0.4, -0.2) is 34.9 Å².